The van der Waals surface area contributed by atoms with Crippen LogP contribution in [0.5, 0.6) is 0 Å². The fourth-order valence-electron chi connectivity index (χ4n) is 2.67. The molecule has 110 valence electrons. The number of fused-ring (bicyclic) bond motifs is 1. The van der Waals surface area contributed by atoms with Crippen molar-refractivity contribution < 1.29 is 0 Å². The molecular formula is C17H27N3. The lowest BCUT2D eigenvalue weighted by Gasteiger charge is -2.32. The number of hydrogen-bond acceptors (Lipinski definition) is 2. The van der Waals surface area contributed by atoms with Crippen LogP contribution >= 0.6 is 0 Å². The minimum absolute atomic E-state index is 0.229. The summed E-state index contributed by atoms with van der Waals surface area (Å²) in [5, 5.41) is 3.63. The zero-order valence-electron chi connectivity index (χ0n) is 13.4. The second-order valence-corrected chi connectivity index (χ2v) is 6.46. The molecule has 1 N–H and O–H groups in total. The average Bonchev–Trinajstić information content (AvgIpc) is 2.75. The van der Waals surface area contributed by atoms with Crippen LogP contribution in [0.1, 0.15) is 40.4 Å². The van der Waals surface area contributed by atoms with E-state index in [1.54, 1.807) is 0 Å². The number of hydrogen-bond donors (Lipinski definition) is 1. The Balaban J connectivity index is 2.40. The van der Waals surface area contributed by atoms with Gasteiger partial charge in [0.25, 0.3) is 0 Å². The van der Waals surface area contributed by atoms with Crippen LogP contribution in [0.3, 0.4) is 0 Å². The van der Waals surface area contributed by atoms with E-state index in [4.69, 9.17) is 4.98 Å². The molecule has 0 bridgehead atoms. The molecule has 1 heterocycles. The maximum absolute atomic E-state index is 4.76. The van der Waals surface area contributed by atoms with Gasteiger partial charge < -0.3 is 9.88 Å². The maximum Gasteiger partial charge on any atom is 0.109 e. The van der Waals surface area contributed by atoms with Crippen LogP contribution in [-0.4, -0.2) is 22.1 Å². The van der Waals surface area contributed by atoms with Crippen LogP contribution in [0, 0.1) is 5.41 Å². The van der Waals surface area contributed by atoms with Crippen LogP contribution in [0.4, 0.5) is 0 Å². The van der Waals surface area contributed by atoms with Gasteiger partial charge in [0.15, 0.2) is 0 Å². The van der Waals surface area contributed by atoms with Crippen LogP contribution < -0.4 is 5.32 Å². The Bertz CT molecular complexity index is 563. The number of likely N-dealkylation sites (N-methyl/N-ethyl adjacent to an activating group) is 1. The molecule has 1 aromatic heterocycles. The van der Waals surface area contributed by atoms with Crippen LogP contribution in [0.15, 0.2) is 24.3 Å². The molecule has 1 atom stereocenters. The number of para-hydroxylation sites is 2. The highest BCUT2D eigenvalue weighted by molar-refractivity contribution is 5.75. The van der Waals surface area contributed by atoms with E-state index >= 15 is 0 Å². The van der Waals surface area contributed by atoms with Crippen molar-refractivity contribution >= 4 is 11.0 Å². The minimum atomic E-state index is 0.229. The molecule has 1 unspecified atom stereocenters. The van der Waals surface area contributed by atoms with Crippen LogP contribution in [-0.2, 0) is 13.0 Å². The number of aromatic nitrogens is 2. The molecule has 0 spiro atoms. The van der Waals surface area contributed by atoms with Gasteiger partial charge in [0.1, 0.15) is 5.82 Å². The van der Waals surface area contributed by atoms with E-state index in [0.717, 1.165) is 25.0 Å². The smallest absolute Gasteiger partial charge is 0.109 e. The Morgan fingerprint density at radius 3 is 2.50 bits per heavy atom. The SMILES string of the molecule is CCNC(Cn1c(CC)nc2ccccc21)C(C)(C)C. The number of imidazole rings is 1. The van der Waals surface area contributed by atoms with E-state index in [-0.39, 0.29) is 5.41 Å². The normalized spacial score (nSPS) is 13.8. The molecule has 2 aromatic rings. The van der Waals surface area contributed by atoms with Crippen molar-refractivity contribution in [3.05, 3.63) is 30.1 Å². The van der Waals surface area contributed by atoms with Crippen molar-refractivity contribution in [2.45, 2.75) is 53.6 Å². The van der Waals surface area contributed by atoms with Gasteiger partial charge in [0.05, 0.1) is 11.0 Å². The maximum atomic E-state index is 4.76. The van der Waals surface area contributed by atoms with Gasteiger partial charge in [-0.2, -0.15) is 0 Å². The Morgan fingerprint density at radius 1 is 1.20 bits per heavy atom. The molecule has 2 rings (SSSR count). The third-order valence-corrected chi connectivity index (χ3v) is 3.91. The van der Waals surface area contributed by atoms with Gasteiger partial charge in [0, 0.05) is 19.0 Å². The lowest BCUT2D eigenvalue weighted by atomic mass is 9.86. The summed E-state index contributed by atoms with van der Waals surface area (Å²) in [7, 11) is 0. The second-order valence-electron chi connectivity index (χ2n) is 6.46. The predicted octanol–water partition coefficient (Wildman–Crippen LogP) is 3.62. The predicted molar refractivity (Wildman–Crippen MR) is 86.0 cm³/mol. The van der Waals surface area contributed by atoms with Gasteiger partial charge in [-0.15, -0.1) is 0 Å². The van der Waals surface area contributed by atoms with Crippen molar-refractivity contribution in [1.29, 1.82) is 0 Å². The van der Waals surface area contributed by atoms with E-state index < -0.39 is 0 Å². The first-order valence-corrected chi connectivity index (χ1v) is 7.64. The summed E-state index contributed by atoms with van der Waals surface area (Å²) < 4.78 is 2.38. The fraction of sp³-hybridized carbons (Fsp3) is 0.588. The van der Waals surface area contributed by atoms with Crippen molar-refractivity contribution in [3.63, 3.8) is 0 Å². The number of benzene rings is 1. The number of rotatable bonds is 5. The summed E-state index contributed by atoms with van der Waals surface area (Å²) >= 11 is 0. The first kappa shape index (κ1) is 15.0. The molecule has 0 saturated heterocycles. The lowest BCUT2D eigenvalue weighted by Crippen LogP contribution is -2.43. The van der Waals surface area contributed by atoms with E-state index in [2.05, 4.69) is 68.8 Å². The van der Waals surface area contributed by atoms with Gasteiger partial charge in [0.2, 0.25) is 0 Å². The average molecular weight is 273 g/mol. The summed E-state index contributed by atoms with van der Waals surface area (Å²) in [6.45, 7) is 13.2. The van der Waals surface area contributed by atoms with Crippen molar-refractivity contribution in [2.75, 3.05) is 6.54 Å². The van der Waals surface area contributed by atoms with E-state index in [9.17, 15) is 0 Å². The lowest BCUT2D eigenvalue weighted by molar-refractivity contribution is 0.245. The summed E-state index contributed by atoms with van der Waals surface area (Å²) in [5.74, 6) is 1.18. The summed E-state index contributed by atoms with van der Waals surface area (Å²) in [6, 6.07) is 8.87. The summed E-state index contributed by atoms with van der Waals surface area (Å²) in [4.78, 5) is 4.76. The summed E-state index contributed by atoms with van der Waals surface area (Å²) in [6.07, 6.45) is 0.970. The Hall–Kier alpha value is -1.35. The molecular weight excluding hydrogens is 246 g/mol. The van der Waals surface area contributed by atoms with Crippen molar-refractivity contribution in [3.8, 4) is 0 Å². The number of nitrogens with one attached hydrogen (secondary N) is 1. The monoisotopic (exact) mass is 273 g/mol. The molecule has 0 aliphatic carbocycles. The highest BCUT2D eigenvalue weighted by Gasteiger charge is 2.25. The first-order chi connectivity index (χ1) is 9.47. The Kier molecular flexibility index (Phi) is 4.48. The van der Waals surface area contributed by atoms with E-state index in [1.165, 1.54) is 11.3 Å². The zero-order chi connectivity index (χ0) is 14.8. The largest absolute Gasteiger partial charge is 0.326 e. The van der Waals surface area contributed by atoms with Crippen molar-refractivity contribution in [2.24, 2.45) is 5.41 Å². The minimum Gasteiger partial charge on any atom is -0.326 e. The molecule has 3 heteroatoms. The highest BCUT2D eigenvalue weighted by Crippen LogP contribution is 2.24. The molecule has 0 saturated carbocycles. The zero-order valence-corrected chi connectivity index (χ0v) is 13.4. The molecule has 20 heavy (non-hydrogen) atoms. The Labute approximate surface area is 122 Å². The highest BCUT2D eigenvalue weighted by atomic mass is 15.1. The number of nitrogens with zero attached hydrogens (tertiary/aromatic N) is 2. The van der Waals surface area contributed by atoms with E-state index in [1.807, 2.05) is 0 Å². The molecule has 0 aliphatic rings. The van der Waals surface area contributed by atoms with Crippen LogP contribution in [0.25, 0.3) is 11.0 Å². The standard InChI is InChI=1S/C17H27N3/c1-6-16-19-13-10-8-9-11-14(13)20(16)12-15(18-7-2)17(3,4)5/h8-11,15,18H,6-7,12H2,1-5H3. The van der Waals surface area contributed by atoms with Gasteiger partial charge in [-0.05, 0) is 24.1 Å². The molecule has 0 fully saturated rings. The third kappa shape index (κ3) is 3.04. The first-order valence-electron chi connectivity index (χ1n) is 7.64. The molecule has 0 radical (unpaired) electrons. The molecule has 1 aromatic carbocycles. The van der Waals surface area contributed by atoms with Gasteiger partial charge in [-0.3, -0.25) is 0 Å². The Morgan fingerprint density at radius 2 is 1.90 bits per heavy atom. The van der Waals surface area contributed by atoms with Gasteiger partial charge in [-0.1, -0.05) is 46.8 Å². The quantitative estimate of drug-likeness (QED) is 0.901. The topological polar surface area (TPSA) is 29.9 Å². The molecule has 0 aliphatic heterocycles. The van der Waals surface area contributed by atoms with Gasteiger partial charge >= 0.3 is 0 Å². The van der Waals surface area contributed by atoms with E-state index in [0.29, 0.717) is 6.04 Å². The third-order valence-electron chi connectivity index (χ3n) is 3.91. The van der Waals surface area contributed by atoms with Crippen molar-refractivity contribution in [1.82, 2.24) is 14.9 Å². The summed E-state index contributed by atoms with van der Waals surface area (Å²) in [5.41, 5.74) is 2.58. The van der Waals surface area contributed by atoms with Crippen LogP contribution in [0.2, 0.25) is 0 Å². The molecule has 3 nitrogen and oxygen atoms in total. The fourth-order valence-corrected chi connectivity index (χ4v) is 2.67. The number of aryl methyl sites for hydroxylation is 1. The molecule has 0 amide bonds. The second kappa shape index (κ2) is 5.96. The van der Waals surface area contributed by atoms with Gasteiger partial charge in [-0.25, -0.2) is 4.98 Å².